The van der Waals surface area contributed by atoms with Crippen LogP contribution in [0.2, 0.25) is 0 Å². The van der Waals surface area contributed by atoms with E-state index in [1.807, 2.05) is 43.0 Å². The molecule has 7 nitrogen and oxygen atoms in total. The van der Waals surface area contributed by atoms with Crippen molar-refractivity contribution in [3.63, 3.8) is 0 Å². The second-order valence-electron chi connectivity index (χ2n) is 6.38. The van der Waals surface area contributed by atoms with Crippen LogP contribution in [0.4, 0.5) is 5.69 Å². The minimum Gasteiger partial charge on any atom is -0.490 e. The van der Waals surface area contributed by atoms with Gasteiger partial charge in [-0.2, -0.15) is 0 Å². The average molecular weight is 398 g/mol. The Morgan fingerprint density at radius 1 is 0.931 bits per heavy atom. The molecule has 0 atom stereocenters. The Hall–Kier alpha value is -3.19. The van der Waals surface area contributed by atoms with Crippen molar-refractivity contribution in [3.8, 4) is 11.5 Å². The van der Waals surface area contributed by atoms with Crippen LogP contribution in [0.25, 0.3) is 0 Å². The Morgan fingerprint density at radius 2 is 1.55 bits per heavy atom. The third-order valence-electron chi connectivity index (χ3n) is 4.11. The monoisotopic (exact) mass is 398 g/mol. The van der Waals surface area contributed by atoms with Crippen LogP contribution in [0.1, 0.15) is 25.4 Å². The van der Waals surface area contributed by atoms with Gasteiger partial charge in [0.15, 0.2) is 11.5 Å². The van der Waals surface area contributed by atoms with Crippen LogP contribution in [0.3, 0.4) is 0 Å². The number of amides is 1. The van der Waals surface area contributed by atoms with Crippen LogP contribution in [0.15, 0.2) is 63.8 Å². The molecular formula is C22H26N2O5. The van der Waals surface area contributed by atoms with Gasteiger partial charge in [0, 0.05) is 11.8 Å². The van der Waals surface area contributed by atoms with Gasteiger partial charge in [0.05, 0.1) is 45.4 Å². The summed E-state index contributed by atoms with van der Waals surface area (Å²) in [5, 5.41) is 2.92. The van der Waals surface area contributed by atoms with Crippen LogP contribution in [-0.2, 0) is 17.9 Å². The van der Waals surface area contributed by atoms with Gasteiger partial charge in [-0.05, 0) is 50.2 Å². The van der Waals surface area contributed by atoms with E-state index in [2.05, 4.69) is 5.32 Å². The van der Waals surface area contributed by atoms with Gasteiger partial charge in [0.25, 0.3) is 0 Å². The molecular weight excluding hydrogens is 372 g/mol. The molecule has 3 aromatic rings. The van der Waals surface area contributed by atoms with E-state index in [9.17, 15) is 4.79 Å². The number of hydrogen-bond acceptors (Lipinski definition) is 6. The number of nitrogens with one attached hydrogen (secondary N) is 1. The normalized spacial score (nSPS) is 10.9. The van der Waals surface area contributed by atoms with Crippen molar-refractivity contribution in [1.29, 1.82) is 0 Å². The van der Waals surface area contributed by atoms with E-state index in [-0.39, 0.29) is 12.5 Å². The molecule has 3 rings (SSSR count). The molecule has 2 heterocycles. The number of hydrogen-bond donors (Lipinski definition) is 1. The first-order valence-electron chi connectivity index (χ1n) is 9.64. The summed E-state index contributed by atoms with van der Waals surface area (Å²) in [4.78, 5) is 14.6. The van der Waals surface area contributed by atoms with Gasteiger partial charge in [-0.15, -0.1) is 0 Å². The zero-order valence-corrected chi connectivity index (χ0v) is 16.7. The van der Waals surface area contributed by atoms with E-state index >= 15 is 0 Å². The maximum Gasteiger partial charge on any atom is 0.238 e. The molecule has 29 heavy (non-hydrogen) atoms. The van der Waals surface area contributed by atoms with Gasteiger partial charge >= 0.3 is 0 Å². The summed E-state index contributed by atoms with van der Waals surface area (Å²) in [7, 11) is 0. The van der Waals surface area contributed by atoms with E-state index in [0.29, 0.717) is 43.5 Å². The van der Waals surface area contributed by atoms with Crippen molar-refractivity contribution < 1.29 is 23.1 Å². The van der Waals surface area contributed by atoms with Gasteiger partial charge in [0.1, 0.15) is 11.5 Å². The molecule has 1 N–H and O–H groups in total. The van der Waals surface area contributed by atoms with Crippen LogP contribution < -0.4 is 14.8 Å². The predicted molar refractivity (Wildman–Crippen MR) is 109 cm³/mol. The standard InChI is InChI=1S/C22H26N2O5/c1-3-26-20-10-9-17(13-21(20)27-4-2)23-22(25)16-24(14-18-7-5-11-28-18)15-19-8-6-12-29-19/h5-13H,3-4,14-16H2,1-2H3,(H,23,25). The highest BCUT2D eigenvalue weighted by Gasteiger charge is 2.16. The second kappa shape index (κ2) is 10.4. The molecule has 0 saturated heterocycles. The Kier molecular flexibility index (Phi) is 7.35. The van der Waals surface area contributed by atoms with Crippen LogP contribution in [-0.4, -0.2) is 30.6 Å². The molecule has 1 amide bonds. The summed E-state index contributed by atoms with van der Waals surface area (Å²) in [5.41, 5.74) is 0.651. The lowest BCUT2D eigenvalue weighted by Crippen LogP contribution is -2.32. The summed E-state index contributed by atoms with van der Waals surface area (Å²) in [6.07, 6.45) is 3.24. The van der Waals surface area contributed by atoms with Crippen LogP contribution in [0.5, 0.6) is 11.5 Å². The molecule has 0 bridgehead atoms. The number of anilines is 1. The average Bonchev–Trinajstić information content (AvgIpc) is 3.38. The van der Waals surface area contributed by atoms with E-state index in [1.54, 1.807) is 30.7 Å². The molecule has 0 spiro atoms. The number of carbonyl (C=O) groups excluding carboxylic acids is 1. The van der Waals surface area contributed by atoms with E-state index in [1.165, 1.54) is 0 Å². The molecule has 0 saturated carbocycles. The highest BCUT2D eigenvalue weighted by atomic mass is 16.5. The number of carbonyl (C=O) groups is 1. The molecule has 0 radical (unpaired) electrons. The van der Waals surface area contributed by atoms with Crippen molar-refractivity contribution in [1.82, 2.24) is 4.90 Å². The largest absolute Gasteiger partial charge is 0.490 e. The fraction of sp³-hybridized carbons (Fsp3) is 0.318. The lowest BCUT2D eigenvalue weighted by molar-refractivity contribution is -0.117. The smallest absolute Gasteiger partial charge is 0.238 e. The Balaban J connectivity index is 1.66. The number of nitrogens with zero attached hydrogens (tertiary/aromatic N) is 1. The van der Waals surface area contributed by atoms with E-state index in [4.69, 9.17) is 18.3 Å². The van der Waals surface area contributed by atoms with Crippen molar-refractivity contribution in [2.45, 2.75) is 26.9 Å². The fourth-order valence-electron chi connectivity index (χ4n) is 2.95. The molecule has 154 valence electrons. The first-order chi connectivity index (χ1) is 14.2. The molecule has 2 aromatic heterocycles. The molecule has 0 aliphatic heterocycles. The van der Waals surface area contributed by atoms with Crippen LogP contribution >= 0.6 is 0 Å². The van der Waals surface area contributed by atoms with Crippen molar-refractivity contribution >= 4 is 11.6 Å². The van der Waals surface area contributed by atoms with Crippen molar-refractivity contribution in [3.05, 3.63) is 66.5 Å². The fourth-order valence-corrected chi connectivity index (χ4v) is 2.95. The van der Waals surface area contributed by atoms with Gasteiger partial charge in [-0.1, -0.05) is 0 Å². The lowest BCUT2D eigenvalue weighted by atomic mass is 10.2. The van der Waals surface area contributed by atoms with Gasteiger partial charge in [-0.25, -0.2) is 0 Å². The van der Waals surface area contributed by atoms with Gasteiger partial charge < -0.3 is 23.6 Å². The minimum atomic E-state index is -0.144. The van der Waals surface area contributed by atoms with Crippen molar-refractivity contribution in [2.75, 3.05) is 25.1 Å². The van der Waals surface area contributed by atoms with Crippen molar-refractivity contribution in [2.24, 2.45) is 0 Å². The van der Waals surface area contributed by atoms with E-state index < -0.39 is 0 Å². The third kappa shape index (κ3) is 6.15. The molecule has 0 fully saturated rings. The molecule has 0 aliphatic carbocycles. The Labute approximate surface area is 170 Å². The number of ether oxygens (including phenoxy) is 2. The molecule has 0 aliphatic rings. The third-order valence-corrected chi connectivity index (χ3v) is 4.11. The molecule has 7 heteroatoms. The minimum absolute atomic E-state index is 0.144. The first-order valence-corrected chi connectivity index (χ1v) is 9.64. The maximum atomic E-state index is 12.7. The summed E-state index contributed by atoms with van der Waals surface area (Å²) >= 11 is 0. The highest BCUT2D eigenvalue weighted by molar-refractivity contribution is 5.92. The zero-order valence-electron chi connectivity index (χ0n) is 16.7. The SMILES string of the molecule is CCOc1ccc(NC(=O)CN(Cc2ccco2)Cc2ccco2)cc1OCC. The maximum absolute atomic E-state index is 12.7. The highest BCUT2D eigenvalue weighted by Crippen LogP contribution is 2.30. The summed E-state index contributed by atoms with van der Waals surface area (Å²) in [6.45, 7) is 6.04. The topological polar surface area (TPSA) is 77.1 Å². The van der Waals surface area contributed by atoms with Gasteiger partial charge in [-0.3, -0.25) is 9.69 Å². The second-order valence-corrected chi connectivity index (χ2v) is 6.38. The number of rotatable bonds is 11. The summed E-state index contributed by atoms with van der Waals surface area (Å²) in [6, 6.07) is 12.8. The zero-order chi connectivity index (χ0) is 20.5. The quantitative estimate of drug-likeness (QED) is 0.519. The summed E-state index contributed by atoms with van der Waals surface area (Å²) < 4.78 is 22.0. The molecule has 1 aromatic carbocycles. The van der Waals surface area contributed by atoms with E-state index in [0.717, 1.165) is 11.5 Å². The lowest BCUT2D eigenvalue weighted by Gasteiger charge is -2.20. The number of furan rings is 2. The first kappa shape index (κ1) is 20.5. The van der Waals surface area contributed by atoms with Crippen LogP contribution in [0, 0.1) is 0 Å². The number of benzene rings is 1. The predicted octanol–water partition coefficient (Wildman–Crippen LogP) is 4.31. The Bertz CT molecular complexity index is 839. The Morgan fingerprint density at radius 3 is 2.10 bits per heavy atom. The van der Waals surface area contributed by atoms with Gasteiger partial charge in [0.2, 0.25) is 5.91 Å². The summed E-state index contributed by atoms with van der Waals surface area (Å²) in [5.74, 6) is 2.68. The molecule has 0 unspecified atom stereocenters.